The van der Waals surface area contributed by atoms with Crippen LogP contribution in [0.4, 0.5) is 4.39 Å². The van der Waals surface area contributed by atoms with Crippen LogP contribution in [0.25, 0.3) is 16.7 Å². The third-order valence-corrected chi connectivity index (χ3v) is 3.56. The molecule has 0 aliphatic rings. The fraction of sp³-hybridized carbons (Fsp3) is 0.250. The van der Waals surface area contributed by atoms with E-state index in [1.165, 1.54) is 35.1 Å². The third-order valence-electron chi connectivity index (χ3n) is 3.56. The van der Waals surface area contributed by atoms with Gasteiger partial charge < -0.3 is 10.1 Å². The molecule has 1 amide bonds. The number of amides is 1. The van der Waals surface area contributed by atoms with Crippen molar-refractivity contribution >= 4 is 22.9 Å². The first-order valence-electron chi connectivity index (χ1n) is 7.99. The average Bonchev–Trinajstić information content (AvgIpc) is 3.08. The summed E-state index contributed by atoms with van der Waals surface area (Å²) in [7, 11) is 0. The largest absolute Gasteiger partial charge is 0.465 e. The molecule has 0 fully saturated rings. The number of carbonyl (C=O) groups excluding carboxylic acids is 2. The molecule has 0 aliphatic heterocycles. The molecule has 27 heavy (non-hydrogen) atoms. The normalized spacial score (nSPS) is 10.7. The maximum atomic E-state index is 13.1. The number of benzene rings is 1. The molecule has 0 saturated heterocycles. The van der Waals surface area contributed by atoms with Crippen LogP contribution in [0, 0.1) is 5.82 Å². The van der Waals surface area contributed by atoms with Crippen molar-refractivity contribution in [2.75, 3.05) is 13.2 Å². The number of hydrogen-bond donors (Lipinski definition) is 1. The Labute approximate surface area is 151 Å². The van der Waals surface area contributed by atoms with E-state index in [1.54, 1.807) is 6.92 Å². The van der Waals surface area contributed by atoms with Gasteiger partial charge in [0.05, 0.1) is 18.5 Å². The Balaban J connectivity index is 1.80. The number of rotatable bonds is 6. The van der Waals surface area contributed by atoms with E-state index in [0.717, 1.165) is 4.68 Å². The molecule has 1 aromatic carbocycles. The number of aromatic nitrogens is 5. The molecule has 0 atom stereocenters. The van der Waals surface area contributed by atoms with Gasteiger partial charge >= 0.3 is 5.97 Å². The monoisotopic (exact) mass is 374 g/mol. The van der Waals surface area contributed by atoms with Crippen molar-refractivity contribution in [3.63, 3.8) is 0 Å². The smallest absolute Gasteiger partial charge is 0.325 e. The van der Waals surface area contributed by atoms with E-state index in [0.29, 0.717) is 5.69 Å². The van der Waals surface area contributed by atoms with Gasteiger partial charge in [-0.15, -0.1) is 5.10 Å². The van der Waals surface area contributed by atoms with Gasteiger partial charge in [0.1, 0.15) is 24.3 Å². The lowest BCUT2D eigenvalue weighted by molar-refractivity contribution is -0.143. The number of fused-ring (bicyclic) bond motifs is 1. The highest BCUT2D eigenvalue weighted by molar-refractivity contribution is 5.82. The Kier molecular flexibility index (Phi) is 5.20. The van der Waals surface area contributed by atoms with Gasteiger partial charge in [0.15, 0.2) is 5.65 Å². The van der Waals surface area contributed by atoms with Crippen LogP contribution in [-0.2, 0) is 20.9 Å². The van der Waals surface area contributed by atoms with Crippen molar-refractivity contribution in [1.82, 2.24) is 30.1 Å². The van der Waals surface area contributed by atoms with Crippen molar-refractivity contribution in [2.24, 2.45) is 0 Å². The summed E-state index contributed by atoms with van der Waals surface area (Å²) in [4.78, 5) is 35.6. The molecule has 0 bridgehead atoms. The lowest BCUT2D eigenvalue weighted by Gasteiger charge is -2.06. The second-order valence-electron chi connectivity index (χ2n) is 5.40. The lowest BCUT2D eigenvalue weighted by Crippen LogP contribution is -2.37. The molecule has 0 aliphatic carbocycles. The summed E-state index contributed by atoms with van der Waals surface area (Å²) in [6, 6.07) is 5.48. The van der Waals surface area contributed by atoms with Gasteiger partial charge in [0, 0.05) is 0 Å². The van der Waals surface area contributed by atoms with Gasteiger partial charge in [0.2, 0.25) is 5.91 Å². The fourth-order valence-electron chi connectivity index (χ4n) is 2.31. The maximum Gasteiger partial charge on any atom is 0.325 e. The summed E-state index contributed by atoms with van der Waals surface area (Å²) in [5.74, 6) is -1.58. The Bertz CT molecular complexity index is 1040. The second-order valence-corrected chi connectivity index (χ2v) is 5.40. The number of esters is 1. The molecule has 3 aromatic rings. The fourth-order valence-corrected chi connectivity index (χ4v) is 2.31. The maximum absolute atomic E-state index is 13.1. The van der Waals surface area contributed by atoms with Crippen LogP contribution in [0.5, 0.6) is 0 Å². The molecule has 2 aromatic heterocycles. The summed E-state index contributed by atoms with van der Waals surface area (Å²) in [5.41, 5.74) is 0.111. The molecule has 0 saturated carbocycles. The van der Waals surface area contributed by atoms with Crippen molar-refractivity contribution in [3.05, 3.63) is 46.6 Å². The SMILES string of the molecule is CCOC(=O)CNC(=O)Cn1nnc2c(cnn2-c2ccc(F)cc2)c1=O. The molecule has 140 valence electrons. The van der Waals surface area contributed by atoms with Crippen molar-refractivity contribution in [3.8, 4) is 5.69 Å². The molecule has 0 unspecified atom stereocenters. The molecule has 1 N–H and O–H groups in total. The van der Waals surface area contributed by atoms with E-state index in [1.807, 2.05) is 0 Å². The van der Waals surface area contributed by atoms with E-state index in [4.69, 9.17) is 4.74 Å². The Morgan fingerprint density at radius 1 is 1.26 bits per heavy atom. The average molecular weight is 374 g/mol. The highest BCUT2D eigenvalue weighted by Gasteiger charge is 2.15. The van der Waals surface area contributed by atoms with Crippen LogP contribution >= 0.6 is 0 Å². The first kappa shape index (κ1) is 18.2. The highest BCUT2D eigenvalue weighted by atomic mass is 19.1. The first-order valence-corrected chi connectivity index (χ1v) is 7.99. The predicted octanol–water partition coefficient (Wildman–Crippen LogP) is -0.204. The van der Waals surface area contributed by atoms with Crippen LogP contribution in [0.1, 0.15) is 6.92 Å². The molecule has 2 heterocycles. The zero-order chi connectivity index (χ0) is 19.4. The quantitative estimate of drug-likeness (QED) is 0.593. The van der Waals surface area contributed by atoms with Gasteiger partial charge in [-0.25, -0.2) is 13.8 Å². The number of nitrogens with zero attached hydrogens (tertiary/aromatic N) is 5. The van der Waals surface area contributed by atoms with Crippen molar-refractivity contribution in [2.45, 2.75) is 13.5 Å². The van der Waals surface area contributed by atoms with E-state index >= 15 is 0 Å². The minimum Gasteiger partial charge on any atom is -0.465 e. The van der Waals surface area contributed by atoms with E-state index in [2.05, 4.69) is 20.7 Å². The molecule has 0 radical (unpaired) electrons. The van der Waals surface area contributed by atoms with Crippen LogP contribution in [0.15, 0.2) is 35.3 Å². The van der Waals surface area contributed by atoms with Crippen LogP contribution in [0.2, 0.25) is 0 Å². The van der Waals surface area contributed by atoms with E-state index in [9.17, 15) is 18.8 Å². The number of ether oxygens (including phenoxy) is 1. The van der Waals surface area contributed by atoms with Gasteiger partial charge in [-0.2, -0.15) is 5.10 Å². The van der Waals surface area contributed by atoms with Gasteiger partial charge in [-0.1, -0.05) is 5.21 Å². The summed E-state index contributed by atoms with van der Waals surface area (Å²) in [6.45, 7) is 1.13. The topological polar surface area (TPSA) is 121 Å². The van der Waals surface area contributed by atoms with Gasteiger partial charge in [-0.3, -0.25) is 14.4 Å². The Hall–Kier alpha value is -3.63. The molecule has 11 heteroatoms. The third kappa shape index (κ3) is 3.97. The zero-order valence-electron chi connectivity index (χ0n) is 14.3. The molecule has 0 spiro atoms. The number of halogens is 1. The van der Waals surface area contributed by atoms with Crippen molar-refractivity contribution < 1.29 is 18.7 Å². The zero-order valence-corrected chi connectivity index (χ0v) is 14.3. The molecule has 3 rings (SSSR count). The second kappa shape index (κ2) is 7.72. The standard InChI is InChI=1S/C16H15FN6O4/c1-2-27-14(25)8-18-13(24)9-22-16(26)12-7-19-23(15(12)20-21-22)11-5-3-10(17)4-6-11/h3-7H,2,8-9H2,1H3,(H,18,24). The molecular formula is C16H15FN6O4. The molecular weight excluding hydrogens is 359 g/mol. The summed E-state index contributed by atoms with van der Waals surface area (Å²) >= 11 is 0. The van der Waals surface area contributed by atoms with Gasteiger partial charge in [-0.05, 0) is 31.2 Å². The Morgan fingerprint density at radius 3 is 2.70 bits per heavy atom. The summed E-state index contributed by atoms with van der Waals surface area (Å²) in [5, 5.41) is 14.2. The van der Waals surface area contributed by atoms with Crippen LogP contribution in [0.3, 0.4) is 0 Å². The molecule has 10 nitrogen and oxygen atoms in total. The minimum atomic E-state index is -0.593. The summed E-state index contributed by atoms with van der Waals surface area (Å²) in [6.07, 6.45) is 1.29. The van der Waals surface area contributed by atoms with Gasteiger partial charge in [0.25, 0.3) is 5.56 Å². The number of carbonyl (C=O) groups is 2. The lowest BCUT2D eigenvalue weighted by atomic mass is 10.3. The Morgan fingerprint density at radius 2 is 2.00 bits per heavy atom. The predicted molar refractivity (Wildman–Crippen MR) is 90.5 cm³/mol. The van der Waals surface area contributed by atoms with Crippen LogP contribution < -0.4 is 10.9 Å². The summed E-state index contributed by atoms with van der Waals surface area (Å²) < 4.78 is 20.0. The van der Waals surface area contributed by atoms with Crippen LogP contribution in [-0.4, -0.2) is 49.8 Å². The van der Waals surface area contributed by atoms with E-state index in [-0.39, 0.29) is 24.2 Å². The van der Waals surface area contributed by atoms with E-state index < -0.39 is 29.8 Å². The number of nitrogens with one attached hydrogen (secondary N) is 1. The minimum absolute atomic E-state index is 0.146. The first-order chi connectivity index (χ1) is 13.0. The van der Waals surface area contributed by atoms with Crippen molar-refractivity contribution in [1.29, 1.82) is 0 Å². The highest BCUT2D eigenvalue weighted by Crippen LogP contribution is 2.13. The number of hydrogen-bond acceptors (Lipinski definition) is 7.